The topological polar surface area (TPSA) is 95.3 Å². The minimum Gasteiger partial charge on any atom is -0.489 e. The molecule has 0 fully saturated rings. The molecule has 0 aliphatic carbocycles. The van der Waals surface area contributed by atoms with E-state index in [0.717, 1.165) is 22.8 Å². The van der Waals surface area contributed by atoms with E-state index in [-0.39, 0.29) is 5.56 Å². The van der Waals surface area contributed by atoms with Crippen molar-refractivity contribution in [1.82, 2.24) is 0 Å². The van der Waals surface area contributed by atoms with E-state index < -0.39 is 5.97 Å². The third-order valence-corrected chi connectivity index (χ3v) is 4.07. The summed E-state index contributed by atoms with van der Waals surface area (Å²) < 4.78 is 5.59. The monoisotopic (exact) mass is 378 g/mol. The molecule has 7 nitrogen and oxygen atoms in total. The van der Waals surface area contributed by atoms with Gasteiger partial charge < -0.3 is 20.5 Å². The van der Waals surface area contributed by atoms with Crippen LogP contribution >= 0.6 is 0 Å². The average Bonchev–Trinajstić information content (AvgIpc) is 2.69. The van der Waals surface area contributed by atoms with Crippen LogP contribution in [-0.4, -0.2) is 36.0 Å². The normalized spacial score (nSPS) is 13.2. The van der Waals surface area contributed by atoms with E-state index in [1.807, 2.05) is 25.1 Å². The van der Waals surface area contributed by atoms with Crippen LogP contribution in [0.2, 0.25) is 0 Å². The zero-order valence-electron chi connectivity index (χ0n) is 15.6. The molecule has 1 aliphatic rings. The predicted octanol–water partition coefficient (Wildman–Crippen LogP) is 3.94. The van der Waals surface area contributed by atoms with Gasteiger partial charge in [-0.15, -0.1) is 0 Å². The van der Waals surface area contributed by atoms with Gasteiger partial charge in [0.15, 0.2) is 0 Å². The first-order valence-corrected chi connectivity index (χ1v) is 8.89. The lowest BCUT2D eigenvalue weighted by Crippen LogP contribution is -2.24. The van der Waals surface area contributed by atoms with E-state index in [4.69, 9.17) is 9.84 Å². The van der Waals surface area contributed by atoms with Crippen molar-refractivity contribution in [1.29, 1.82) is 0 Å². The lowest BCUT2D eigenvalue weighted by Gasteiger charge is -2.17. The molecule has 0 atom stereocenters. The zero-order chi connectivity index (χ0) is 19.9. The van der Waals surface area contributed by atoms with Gasteiger partial charge in [-0.25, -0.2) is 4.79 Å². The van der Waals surface area contributed by atoms with Gasteiger partial charge in [0.25, 0.3) is 0 Å². The smallest absolute Gasteiger partial charge is 0.335 e. The molecule has 0 radical (unpaired) electrons. The molecular formula is C21H22N4O3. The number of aryl methyl sites for hydroxylation is 1. The lowest BCUT2D eigenvalue weighted by atomic mass is 10.2. The molecule has 2 aromatic rings. The standard InChI is InChI=1S/C21H22N4O3/c1-3-11-28-17-8-7-14(2)18(13-17)24-19-9-10-22-21(25-19)23-16-6-4-5-15(12-16)20(26)27/h3-8,12-13H,1,9-11H2,2H3,(H,26,27)(H2,22,23,24,25). The number of hydrogen-bond donors (Lipinski definition) is 3. The number of anilines is 2. The number of guanidine groups is 1. The van der Waals surface area contributed by atoms with E-state index in [0.29, 0.717) is 31.2 Å². The maximum Gasteiger partial charge on any atom is 0.335 e. The van der Waals surface area contributed by atoms with Gasteiger partial charge in [0.1, 0.15) is 18.2 Å². The maximum absolute atomic E-state index is 11.1. The molecule has 0 amide bonds. The summed E-state index contributed by atoms with van der Waals surface area (Å²) in [4.78, 5) is 20.0. The Bertz CT molecular complexity index is 950. The van der Waals surface area contributed by atoms with Crippen molar-refractivity contribution in [3.05, 3.63) is 66.2 Å². The molecule has 1 heterocycles. The number of carboxylic acids is 1. The molecule has 3 N–H and O–H groups in total. The molecule has 1 aliphatic heterocycles. The van der Waals surface area contributed by atoms with Crippen molar-refractivity contribution in [3.8, 4) is 5.75 Å². The second-order valence-electron chi connectivity index (χ2n) is 6.23. The van der Waals surface area contributed by atoms with Gasteiger partial charge in [-0.1, -0.05) is 24.8 Å². The van der Waals surface area contributed by atoms with Crippen LogP contribution in [0, 0.1) is 6.92 Å². The Labute approximate surface area is 163 Å². The number of nitrogens with zero attached hydrogens (tertiary/aromatic N) is 2. The summed E-state index contributed by atoms with van der Waals surface area (Å²) in [6, 6.07) is 12.4. The Morgan fingerprint density at radius 2 is 2.14 bits per heavy atom. The van der Waals surface area contributed by atoms with Crippen LogP contribution in [0.4, 0.5) is 11.4 Å². The number of ether oxygens (including phenoxy) is 1. The first-order chi connectivity index (χ1) is 13.5. The van der Waals surface area contributed by atoms with Gasteiger partial charge in [-0.2, -0.15) is 4.99 Å². The van der Waals surface area contributed by atoms with Crippen molar-refractivity contribution in [2.75, 3.05) is 23.8 Å². The fraction of sp³-hybridized carbons (Fsp3) is 0.190. The molecule has 3 rings (SSSR count). The molecule has 28 heavy (non-hydrogen) atoms. The SMILES string of the molecule is C=CCOc1ccc(C)c(NC2=NC(Nc3cccc(C(=O)O)c3)=NCC2)c1. The van der Waals surface area contributed by atoms with Crippen molar-refractivity contribution in [2.45, 2.75) is 13.3 Å². The Kier molecular flexibility index (Phi) is 6.06. The highest BCUT2D eigenvalue weighted by molar-refractivity contribution is 6.09. The highest BCUT2D eigenvalue weighted by Gasteiger charge is 2.12. The van der Waals surface area contributed by atoms with Crippen molar-refractivity contribution < 1.29 is 14.6 Å². The van der Waals surface area contributed by atoms with Crippen LogP contribution in [0.3, 0.4) is 0 Å². The summed E-state index contributed by atoms with van der Waals surface area (Å²) in [7, 11) is 0. The molecule has 0 bridgehead atoms. The third-order valence-electron chi connectivity index (χ3n) is 4.07. The van der Waals surface area contributed by atoms with E-state index in [9.17, 15) is 4.79 Å². The molecule has 0 saturated heterocycles. The Morgan fingerprint density at radius 1 is 1.29 bits per heavy atom. The second kappa shape index (κ2) is 8.85. The number of rotatable bonds is 6. The van der Waals surface area contributed by atoms with Gasteiger partial charge in [-0.3, -0.25) is 4.99 Å². The molecule has 0 unspecified atom stereocenters. The van der Waals surface area contributed by atoms with Gasteiger partial charge in [0, 0.05) is 30.4 Å². The predicted molar refractivity (Wildman–Crippen MR) is 112 cm³/mol. The summed E-state index contributed by atoms with van der Waals surface area (Å²) in [5.74, 6) is 0.986. The van der Waals surface area contributed by atoms with Crippen LogP contribution in [0.15, 0.2) is 65.1 Å². The first kappa shape index (κ1) is 19.2. The van der Waals surface area contributed by atoms with Gasteiger partial charge >= 0.3 is 5.97 Å². The molecule has 0 spiro atoms. The highest BCUT2D eigenvalue weighted by Crippen LogP contribution is 2.23. The maximum atomic E-state index is 11.1. The largest absolute Gasteiger partial charge is 0.489 e. The Morgan fingerprint density at radius 3 is 2.93 bits per heavy atom. The summed E-state index contributed by atoms with van der Waals surface area (Å²) in [6.45, 7) is 6.69. The van der Waals surface area contributed by atoms with Crippen LogP contribution in [-0.2, 0) is 0 Å². The zero-order valence-corrected chi connectivity index (χ0v) is 15.6. The third kappa shape index (κ3) is 4.97. The van der Waals surface area contributed by atoms with Crippen LogP contribution in [0.5, 0.6) is 5.75 Å². The highest BCUT2D eigenvalue weighted by atomic mass is 16.5. The number of carboxylic acid groups (broad SMARTS) is 1. The molecule has 0 saturated carbocycles. The van der Waals surface area contributed by atoms with E-state index >= 15 is 0 Å². The van der Waals surface area contributed by atoms with Crippen LogP contribution in [0.25, 0.3) is 0 Å². The van der Waals surface area contributed by atoms with Gasteiger partial charge in [-0.05, 0) is 36.8 Å². The summed E-state index contributed by atoms with van der Waals surface area (Å²) in [5, 5.41) is 15.5. The van der Waals surface area contributed by atoms with Crippen molar-refractivity contribution in [2.24, 2.45) is 9.98 Å². The minimum atomic E-state index is -0.978. The molecule has 144 valence electrons. The second-order valence-corrected chi connectivity index (χ2v) is 6.23. The average molecular weight is 378 g/mol. The summed E-state index contributed by atoms with van der Waals surface area (Å²) in [5.41, 5.74) is 2.81. The Hall–Kier alpha value is -3.61. The molecule has 0 aromatic heterocycles. The van der Waals surface area contributed by atoms with Crippen molar-refractivity contribution >= 4 is 29.1 Å². The minimum absolute atomic E-state index is 0.204. The molecule has 2 aromatic carbocycles. The summed E-state index contributed by atoms with van der Waals surface area (Å²) in [6.07, 6.45) is 2.38. The number of hydrogen-bond acceptors (Lipinski definition) is 6. The number of aromatic carboxylic acids is 1. The van der Waals surface area contributed by atoms with Gasteiger partial charge in [0.05, 0.1) is 5.56 Å². The molecule has 7 heteroatoms. The fourth-order valence-electron chi connectivity index (χ4n) is 2.64. The number of nitrogens with one attached hydrogen (secondary N) is 2. The fourth-order valence-corrected chi connectivity index (χ4v) is 2.64. The summed E-state index contributed by atoms with van der Waals surface area (Å²) >= 11 is 0. The van der Waals surface area contributed by atoms with Crippen LogP contribution in [0.1, 0.15) is 22.3 Å². The number of aliphatic imine (C=N–C) groups is 2. The number of amidine groups is 1. The van der Waals surface area contributed by atoms with E-state index in [2.05, 4.69) is 27.2 Å². The van der Waals surface area contributed by atoms with Crippen molar-refractivity contribution in [3.63, 3.8) is 0 Å². The van der Waals surface area contributed by atoms with Gasteiger partial charge in [0.2, 0.25) is 5.96 Å². The van der Waals surface area contributed by atoms with E-state index in [1.165, 1.54) is 6.07 Å². The number of carbonyl (C=O) groups is 1. The first-order valence-electron chi connectivity index (χ1n) is 8.89. The molecular weight excluding hydrogens is 356 g/mol. The lowest BCUT2D eigenvalue weighted by molar-refractivity contribution is 0.0697. The number of benzene rings is 2. The Balaban J connectivity index is 1.73. The van der Waals surface area contributed by atoms with Crippen LogP contribution < -0.4 is 15.4 Å². The quantitative estimate of drug-likeness (QED) is 0.662. The van der Waals surface area contributed by atoms with E-state index in [1.54, 1.807) is 24.3 Å².